The standard InChI is InChI=1S/C36H35BrN2O5/c1-42-31-12-6-11-27(22-31)33-36(23-28-10-4-5-13-32(28)37,35(41)38-29-20-25-8-2-3-9-26(25)21-29)39-34(44-33)24-14-16-30(17-15-24)43-19-7-18-40/h2-6,8-17,22,29,33,40H,7,18-21,23H2,1H3,(H,38,41)/t33-,36-/m1/s1. The third-order valence-corrected chi connectivity index (χ3v) is 9.00. The van der Waals surface area contributed by atoms with Crippen LogP contribution in [0.4, 0.5) is 0 Å². The molecule has 0 radical (unpaired) electrons. The fourth-order valence-corrected chi connectivity index (χ4v) is 6.42. The third kappa shape index (κ3) is 6.23. The van der Waals surface area contributed by atoms with Crippen LogP contribution in [0.1, 0.15) is 40.3 Å². The Morgan fingerprint density at radius 2 is 1.70 bits per heavy atom. The zero-order valence-electron chi connectivity index (χ0n) is 24.5. The lowest BCUT2D eigenvalue weighted by Gasteiger charge is -2.32. The highest BCUT2D eigenvalue weighted by Gasteiger charge is 2.54. The molecule has 6 rings (SSSR count). The molecule has 0 fully saturated rings. The fraction of sp³-hybridized carbons (Fsp3) is 0.278. The van der Waals surface area contributed by atoms with Crippen LogP contribution in [0.3, 0.4) is 0 Å². The number of carbonyl (C=O) groups excluding carboxylic acids is 1. The van der Waals surface area contributed by atoms with Crippen LogP contribution in [0.25, 0.3) is 0 Å². The van der Waals surface area contributed by atoms with Gasteiger partial charge in [-0.2, -0.15) is 0 Å². The van der Waals surface area contributed by atoms with Gasteiger partial charge in [0, 0.05) is 35.5 Å². The molecule has 44 heavy (non-hydrogen) atoms. The van der Waals surface area contributed by atoms with Gasteiger partial charge in [-0.15, -0.1) is 0 Å². The van der Waals surface area contributed by atoms with E-state index in [0.717, 1.165) is 34.0 Å². The largest absolute Gasteiger partial charge is 0.497 e. The van der Waals surface area contributed by atoms with Crippen LogP contribution in [-0.4, -0.2) is 48.8 Å². The number of carbonyl (C=O) groups is 1. The average molecular weight is 656 g/mol. The first-order valence-electron chi connectivity index (χ1n) is 14.8. The Labute approximate surface area is 266 Å². The number of nitrogens with one attached hydrogen (secondary N) is 1. The van der Waals surface area contributed by atoms with Gasteiger partial charge in [-0.25, -0.2) is 4.99 Å². The molecule has 1 heterocycles. The second kappa shape index (κ2) is 13.2. The predicted octanol–water partition coefficient (Wildman–Crippen LogP) is 6.00. The molecule has 0 spiro atoms. The molecule has 0 unspecified atom stereocenters. The molecular formula is C36H35BrN2O5. The zero-order chi connectivity index (χ0) is 30.5. The monoisotopic (exact) mass is 654 g/mol. The molecule has 4 aromatic carbocycles. The van der Waals surface area contributed by atoms with Crippen LogP contribution in [-0.2, 0) is 28.8 Å². The van der Waals surface area contributed by atoms with Crippen molar-refractivity contribution in [2.75, 3.05) is 20.3 Å². The molecule has 1 aliphatic heterocycles. The van der Waals surface area contributed by atoms with Crippen molar-refractivity contribution in [1.29, 1.82) is 0 Å². The number of amides is 1. The quantitative estimate of drug-likeness (QED) is 0.194. The van der Waals surface area contributed by atoms with E-state index in [9.17, 15) is 4.79 Å². The van der Waals surface area contributed by atoms with Crippen LogP contribution in [0.15, 0.2) is 107 Å². The maximum Gasteiger partial charge on any atom is 0.252 e. The number of nitrogens with zero attached hydrogens (tertiary/aromatic N) is 1. The van der Waals surface area contributed by atoms with Crippen molar-refractivity contribution in [3.8, 4) is 11.5 Å². The maximum absolute atomic E-state index is 14.7. The predicted molar refractivity (Wildman–Crippen MR) is 173 cm³/mol. The van der Waals surface area contributed by atoms with Gasteiger partial charge in [-0.3, -0.25) is 4.79 Å². The Bertz CT molecular complexity index is 1630. The number of methoxy groups -OCH3 is 1. The van der Waals surface area contributed by atoms with Crippen molar-refractivity contribution in [3.63, 3.8) is 0 Å². The Morgan fingerprint density at radius 1 is 0.977 bits per heavy atom. The first-order valence-corrected chi connectivity index (χ1v) is 15.6. The summed E-state index contributed by atoms with van der Waals surface area (Å²) in [5.74, 6) is 1.56. The SMILES string of the molecule is COc1cccc([C@H]2OC(c3ccc(OCCCO)cc3)=N[C@@]2(Cc2ccccc2Br)C(=O)NC2Cc3ccccc3C2)c1. The molecule has 2 atom stereocenters. The summed E-state index contributed by atoms with van der Waals surface area (Å²) in [4.78, 5) is 19.9. The Kier molecular flexibility index (Phi) is 9.00. The lowest BCUT2D eigenvalue weighted by Crippen LogP contribution is -2.53. The zero-order valence-corrected chi connectivity index (χ0v) is 26.1. The van der Waals surface area contributed by atoms with Crippen molar-refractivity contribution < 1.29 is 24.1 Å². The van der Waals surface area contributed by atoms with Gasteiger partial charge in [-0.1, -0.05) is 70.5 Å². The van der Waals surface area contributed by atoms with Gasteiger partial charge < -0.3 is 24.6 Å². The fourth-order valence-electron chi connectivity index (χ4n) is 5.99. The maximum atomic E-state index is 14.7. The van der Waals surface area contributed by atoms with Crippen LogP contribution >= 0.6 is 15.9 Å². The van der Waals surface area contributed by atoms with Crippen LogP contribution < -0.4 is 14.8 Å². The summed E-state index contributed by atoms with van der Waals surface area (Å²) in [6.45, 7) is 0.495. The number of aliphatic imine (C=N–C) groups is 1. The van der Waals surface area contributed by atoms with E-state index in [2.05, 4.69) is 33.4 Å². The highest BCUT2D eigenvalue weighted by Crippen LogP contribution is 2.44. The van der Waals surface area contributed by atoms with Crippen LogP contribution in [0, 0.1) is 0 Å². The molecule has 8 heteroatoms. The van der Waals surface area contributed by atoms with Crippen molar-refractivity contribution in [2.24, 2.45) is 4.99 Å². The van der Waals surface area contributed by atoms with E-state index in [0.29, 0.717) is 36.8 Å². The molecule has 2 aliphatic rings. The Hall–Kier alpha value is -4.14. The Balaban J connectivity index is 1.41. The van der Waals surface area contributed by atoms with Gasteiger partial charge in [0.1, 0.15) is 11.5 Å². The number of benzene rings is 4. The van der Waals surface area contributed by atoms with Crippen molar-refractivity contribution >= 4 is 27.7 Å². The molecule has 1 aliphatic carbocycles. The minimum atomic E-state index is -1.31. The molecule has 226 valence electrons. The third-order valence-electron chi connectivity index (χ3n) is 8.23. The van der Waals surface area contributed by atoms with E-state index in [4.69, 9.17) is 24.3 Å². The number of fused-ring (bicyclic) bond motifs is 1. The van der Waals surface area contributed by atoms with E-state index in [1.165, 1.54) is 11.1 Å². The van der Waals surface area contributed by atoms with Gasteiger partial charge in [-0.05, 0) is 77.6 Å². The molecule has 0 saturated carbocycles. The summed E-state index contributed by atoms with van der Waals surface area (Å²) in [6, 6.07) is 31.3. The smallest absolute Gasteiger partial charge is 0.252 e. The summed E-state index contributed by atoms with van der Waals surface area (Å²) >= 11 is 3.71. The van der Waals surface area contributed by atoms with Gasteiger partial charge >= 0.3 is 0 Å². The molecule has 0 aromatic heterocycles. The molecule has 0 saturated heterocycles. The Morgan fingerprint density at radius 3 is 2.41 bits per heavy atom. The van der Waals surface area contributed by atoms with Gasteiger partial charge in [0.25, 0.3) is 5.91 Å². The summed E-state index contributed by atoms with van der Waals surface area (Å²) < 4.78 is 18.9. The van der Waals surface area contributed by atoms with Gasteiger partial charge in [0.05, 0.1) is 13.7 Å². The number of hydrogen-bond acceptors (Lipinski definition) is 6. The lowest BCUT2D eigenvalue weighted by atomic mass is 9.81. The van der Waals surface area contributed by atoms with Gasteiger partial charge in [0.15, 0.2) is 11.6 Å². The molecule has 7 nitrogen and oxygen atoms in total. The molecule has 1 amide bonds. The second-order valence-corrected chi connectivity index (χ2v) is 12.0. The number of halogens is 1. The summed E-state index contributed by atoms with van der Waals surface area (Å²) in [6.07, 6.45) is 1.69. The topological polar surface area (TPSA) is 89.4 Å². The van der Waals surface area contributed by atoms with E-state index in [1.807, 2.05) is 84.9 Å². The minimum absolute atomic E-state index is 0.0449. The number of hydrogen-bond donors (Lipinski definition) is 2. The normalized spacial score (nSPS) is 19.2. The van der Waals surface area contributed by atoms with Gasteiger partial charge in [0.2, 0.25) is 5.90 Å². The summed E-state index contributed by atoms with van der Waals surface area (Å²) in [5.41, 5.74) is 3.69. The number of aliphatic hydroxyl groups excluding tert-OH is 1. The first-order chi connectivity index (χ1) is 21.5. The van der Waals surface area contributed by atoms with Crippen molar-refractivity contribution in [1.82, 2.24) is 5.32 Å². The molecule has 4 aromatic rings. The summed E-state index contributed by atoms with van der Waals surface area (Å²) in [7, 11) is 1.62. The van der Waals surface area contributed by atoms with Crippen molar-refractivity contribution in [2.45, 2.75) is 43.4 Å². The van der Waals surface area contributed by atoms with Crippen molar-refractivity contribution in [3.05, 3.63) is 129 Å². The van der Waals surface area contributed by atoms with E-state index < -0.39 is 11.6 Å². The minimum Gasteiger partial charge on any atom is -0.497 e. The molecule has 2 N–H and O–H groups in total. The summed E-state index contributed by atoms with van der Waals surface area (Å²) in [5, 5.41) is 12.5. The van der Waals surface area contributed by atoms with E-state index >= 15 is 0 Å². The number of rotatable bonds is 11. The number of ether oxygens (including phenoxy) is 3. The first kappa shape index (κ1) is 29.9. The highest BCUT2D eigenvalue weighted by atomic mass is 79.9. The van der Waals surface area contributed by atoms with E-state index in [1.54, 1.807) is 7.11 Å². The second-order valence-electron chi connectivity index (χ2n) is 11.2. The van der Waals surface area contributed by atoms with E-state index in [-0.39, 0.29) is 18.6 Å². The van der Waals surface area contributed by atoms with Crippen LogP contribution in [0.5, 0.6) is 11.5 Å². The molecular weight excluding hydrogens is 620 g/mol. The van der Waals surface area contributed by atoms with Crippen LogP contribution in [0.2, 0.25) is 0 Å². The highest BCUT2D eigenvalue weighted by molar-refractivity contribution is 9.10. The lowest BCUT2D eigenvalue weighted by molar-refractivity contribution is -0.129. The average Bonchev–Trinajstić information content (AvgIpc) is 3.64. The number of aliphatic hydroxyl groups is 1. The molecule has 0 bridgehead atoms.